The number of imidazole rings is 2. The van der Waals surface area contributed by atoms with Gasteiger partial charge in [0.05, 0.1) is 46.5 Å². The topological polar surface area (TPSA) is 157 Å². The lowest BCUT2D eigenvalue weighted by atomic mass is 9.87. The molecular weight excluding hydrogens is 654 g/mol. The zero-order valence-corrected chi connectivity index (χ0v) is 27.0. The number of nitrogens with zero attached hydrogens (tertiary/aromatic N) is 2. The summed E-state index contributed by atoms with van der Waals surface area (Å²) in [5, 5.41) is 39.8. The first-order valence-electron chi connectivity index (χ1n) is 14.8. The molecule has 0 saturated heterocycles. The summed E-state index contributed by atoms with van der Waals surface area (Å²) in [4.78, 5) is 14.5. The summed E-state index contributed by atoms with van der Waals surface area (Å²) in [5.41, 5.74) is 2.42. The molecule has 10 nitrogen and oxygen atoms in total. The average molecular weight is 690 g/mol. The number of nitrogens with one attached hydrogen (secondary N) is 2. The lowest BCUT2D eigenvalue weighted by Gasteiger charge is -2.27. The summed E-state index contributed by atoms with van der Waals surface area (Å²) >= 11 is 24.7. The molecule has 0 aliphatic heterocycles. The summed E-state index contributed by atoms with van der Waals surface area (Å²) in [6.45, 7) is 0.338. The third-order valence-electron chi connectivity index (χ3n) is 8.27. The van der Waals surface area contributed by atoms with E-state index in [1.807, 2.05) is 0 Å². The van der Waals surface area contributed by atoms with Crippen molar-refractivity contribution in [2.24, 2.45) is 11.8 Å². The van der Waals surface area contributed by atoms with E-state index in [1.165, 1.54) is 0 Å². The molecule has 44 heavy (non-hydrogen) atoms. The summed E-state index contributed by atoms with van der Waals surface area (Å²) in [6, 6.07) is 3.32. The van der Waals surface area contributed by atoms with Gasteiger partial charge in [0, 0.05) is 11.8 Å². The smallest absolute Gasteiger partial charge is 0.167 e. The average Bonchev–Trinajstić information content (AvgIpc) is 3.63. The molecule has 240 valence electrons. The van der Waals surface area contributed by atoms with Crippen LogP contribution in [0.15, 0.2) is 12.1 Å². The van der Waals surface area contributed by atoms with Gasteiger partial charge in [0.25, 0.3) is 0 Å². The molecule has 2 aliphatic carbocycles. The van der Waals surface area contributed by atoms with Gasteiger partial charge in [0.2, 0.25) is 0 Å². The molecule has 14 heteroatoms. The lowest BCUT2D eigenvalue weighted by molar-refractivity contribution is 0.0423. The van der Waals surface area contributed by atoms with Crippen LogP contribution in [0.25, 0.3) is 22.1 Å². The molecule has 0 spiro atoms. The van der Waals surface area contributed by atoms with E-state index in [2.05, 4.69) is 19.9 Å². The van der Waals surface area contributed by atoms with Crippen molar-refractivity contribution in [2.45, 2.75) is 76.8 Å². The van der Waals surface area contributed by atoms with E-state index in [4.69, 9.17) is 55.9 Å². The SMILES string of the molecule is OCc1nc2c(OC[C@@H]3CCCC[C@H]3O)c(Cl)c(Cl)cc2[nH]1.OCc1nc2c(OC[C@H]3CCCC[C@@H]3O)c(Cl)c(Cl)cc2[nH]1. The normalized spacial score (nSPS) is 22.2. The number of ether oxygens (including phenoxy) is 2. The Bertz CT molecular complexity index is 1460. The van der Waals surface area contributed by atoms with E-state index in [1.54, 1.807) is 12.1 Å². The first kappa shape index (κ1) is 33.3. The maximum Gasteiger partial charge on any atom is 0.167 e. The quantitative estimate of drug-likeness (QED) is 0.121. The summed E-state index contributed by atoms with van der Waals surface area (Å²) in [7, 11) is 0. The second-order valence-electron chi connectivity index (χ2n) is 11.3. The molecular formula is C30H36Cl4N4O6. The van der Waals surface area contributed by atoms with Crippen LogP contribution < -0.4 is 9.47 Å². The van der Waals surface area contributed by atoms with Crippen molar-refractivity contribution < 1.29 is 29.9 Å². The maximum absolute atomic E-state index is 10.0. The first-order chi connectivity index (χ1) is 21.2. The summed E-state index contributed by atoms with van der Waals surface area (Å²) in [5.74, 6) is 1.84. The van der Waals surface area contributed by atoms with Crippen molar-refractivity contribution in [3.63, 3.8) is 0 Å². The van der Waals surface area contributed by atoms with Crippen molar-refractivity contribution in [1.29, 1.82) is 0 Å². The summed E-state index contributed by atoms with van der Waals surface area (Å²) in [6.07, 6.45) is 7.12. The summed E-state index contributed by atoms with van der Waals surface area (Å²) < 4.78 is 11.7. The van der Waals surface area contributed by atoms with Crippen molar-refractivity contribution in [3.8, 4) is 11.5 Å². The molecule has 2 fully saturated rings. The predicted octanol–water partition coefficient (Wildman–Crippen LogP) is 6.58. The highest BCUT2D eigenvalue weighted by atomic mass is 35.5. The van der Waals surface area contributed by atoms with Crippen LogP contribution in [0, 0.1) is 11.8 Å². The van der Waals surface area contributed by atoms with E-state index in [0.717, 1.165) is 51.4 Å². The number of hydrogen-bond acceptors (Lipinski definition) is 8. The highest BCUT2D eigenvalue weighted by Crippen LogP contribution is 2.40. The molecule has 2 saturated carbocycles. The molecule has 4 aromatic rings. The van der Waals surface area contributed by atoms with Crippen molar-refractivity contribution >= 4 is 68.5 Å². The van der Waals surface area contributed by atoms with Gasteiger partial charge in [-0.1, -0.05) is 72.1 Å². The van der Waals surface area contributed by atoms with E-state index in [0.29, 0.717) is 78.5 Å². The molecule has 0 radical (unpaired) electrons. The number of fused-ring (bicyclic) bond motifs is 2. The van der Waals surface area contributed by atoms with Crippen molar-refractivity contribution in [3.05, 3.63) is 43.9 Å². The van der Waals surface area contributed by atoms with Crippen LogP contribution in [0.5, 0.6) is 11.5 Å². The lowest BCUT2D eigenvalue weighted by Crippen LogP contribution is -2.29. The molecule has 2 aliphatic rings. The molecule has 0 amide bonds. The fraction of sp³-hybridized carbons (Fsp3) is 0.533. The minimum Gasteiger partial charge on any atom is -0.489 e. The molecule has 2 aromatic heterocycles. The van der Waals surface area contributed by atoms with E-state index in [-0.39, 0.29) is 37.3 Å². The largest absolute Gasteiger partial charge is 0.489 e. The third kappa shape index (κ3) is 7.50. The van der Waals surface area contributed by atoms with Crippen molar-refractivity contribution in [2.75, 3.05) is 13.2 Å². The molecule has 0 unspecified atom stereocenters. The fourth-order valence-electron chi connectivity index (χ4n) is 5.79. The molecule has 6 N–H and O–H groups in total. The minimum absolute atomic E-state index is 0.0927. The van der Waals surface area contributed by atoms with Crippen molar-refractivity contribution in [1.82, 2.24) is 19.9 Å². The number of rotatable bonds is 8. The van der Waals surface area contributed by atoms with Gasteiger partial charge in [-0.25, -0.2) is 9.97 Å². The van der Waals surface area contributed by atoms with E-state index in [9.17, 15) is 20.4 Å². The molecule has 2 aromatic carbocycles. The number of benzene rings is 2. The van der Waals surface area contributed by atoms with Gasteiger partial charge in [-0.2, -0.15) is 0 Å². The number of H-pyrrole nitrogens is 2. The Balaban J connectivity index is 0.000000175. The van der Waals surface area contributed by atoms with Crippen LogP contribution in [0.4, 0.5) is 0 Å². The Kier molecular flexibility index (Phi) is 11.4. The van der Waals surface area contributed by atoms with Crippen LogP contribution in [0.2, 0.25) is 20.1 Å². The Morgan fingerprint density at radius 3 is 1.41 bits per heavy atom. The van der Waals surface area contributed by atoms with Gasteiger partial charge in [-0.05, 0) is 37.8 Å². The zero-order valence-electron chi connectivity index (χ0n) is 24.0. The highest BCUT2D eigenvalue weighted by Gasteiger charge is 2.26. The number of aliphatic hydroxyl groups is 4. The van der Waals surface area contributed by atoms with Gasteiger partial charge in [0.1, 0.15) is 45.9 Å². The number of hydrogen-bond donors (Lipinski definition) is 6. The van der Waals surface area contributed by atoms with Crippen LogP contribution in [-0.2, 0) is 13.2 Å². The van der Waals surface area contributed by atoms with Gasteiger partial charge in [-0.15, -0.1) is 0 Å². The molecule has 6 rings (SSSR count). The second-order valence-corrected chi connectivity index (χ2v) is 12.9. The zero-order chi connectivity index (χ0) is 31.4. The number of aromatic nitrogens is 4. The predicted molar refractivity (Wildman–Crippen MR) is 171 cm³/mol. The molecule has 4 atom stereocenters. The Morgan fingerprint density at radius 1 is 0.659 bits per heavy atom. The highest BCUT2D eigenvalue weighted by molar-refractivity contribution is 6.44. The number of aromatic amines is 2. The Morgan fingerprint density at radius 2 is 1.05 bits per heavy atom. The van der Waals surface area contributed by atoms with E-state index >= 15 is 0 Å². The second kappa shape index (κ2) is 15.0. The Hall–Kier alpha value is -2.02. The van der Waals surface area contributed by atoms with Gasteiger partial charge in [0.15, 0.2) is 11.5 Å². The van der Waals surface area contributed by atoms with Gasteiger partial charge >= 0.3 is 0 Å². The molecule has 0 bridgehead atoms. The monoisotopic (exact) mass is 688 g/mol. The number of halogens is 4. The number of aliphatic hydroxyl groups excluding tert-OH is 4. The standard InChI is InChI=1S/2C15H18Cl2N2O3/c2*16-9-5-10-14(19-12(6-20)18-10)15(13(9)17)22-7-8-3-1-2-4-11(8)21/h2*5,8,11,20-21H,1-4,6-7H2,(H,18,19)/t2*8-,11+/m10/s1. The minimum atomic E-state index is -0.339. The van der Waals surface area contributed by atoms with Crippen LogP contribution in [0.3, 0.4) is 0 Å². The van der Waals surface area contributed by atoms with Gasteiger partial charge < -0.3 is 39.9 Å². The van der Waals surface area contributed by atoms with Crippen LogP contribution >= 0.6 is 46.4 Å². The van der Waals surface area contributed by atoms with Crippen LogP contribution in [-0.4, -0.2) is 65.8 Å². The Labute approximate surface area is 274 Å². The maximum atomic E-state index is 10.0. The third-order valence-corrected chi connectivity index (χ3v) is 9.81. The van der Waals surface area contributed by atoms with Gasteiger partial charge in [-0.3, -0.25) is 0 Å². The first-order valence-corrected chi connectivity index (χ1v) is 16.3. The molecule has 2 heterocycles. The van der Waals surface area contributed by atoms with E-state index < -0.39 is 0 Å². The fourth-order valence-corrected chi connectivity index (χ4v) is 6.58. The van der Waals surface area contributed by atoms with Crippen LogP contribution in [0.1, 0.15) is 63.0 Å².